The third-order valence-corrected chi connectivity index (χ3v) is 5.80. The average Bonchev–Trinajstić information content (AvgIpc) is 2.83. The molecule has 1 amide bonds. The number of rotatable bonds is 4. The number of phenols is 1. The molecule has 26 heavy (non-hydrogen) atoms. The molecule has 9 heteroatoms. The van der Waals surface area contributed by atoms with E-state index in [9.17, 15) is 18.3 Å². The Morgan fingerprint density at radius 1 is 1.23 bits per heavy atom. The highest BCUT2D eigenvalue weighted by atomic mass is 35.5. The number of nitrogens with one attached hydrogen (secondary N) is 1. The largest absolute Gasteiger partial charge is 0.506 e. The number of hydrogen-bond acceptors (Lipinski definition) is 4. The van der Waals surface area contributed by atoms with Gasteiger partial charge in [-0.2, -0.15) is 0 Å². The van der Waals surface area contributed by atoms with Crippen molar-refractivity contribution in [2.75, 3.05) is 4.72 Å². The zero-order valence-electron chi connectivity index (χ0n) is 13.9. The smallest absolute Gasteiger partial charge is 0.261 e. The molecule has 0 atom stereocenters. The summed E-state index contributed by atoms with van der Waals surface area (Å²) >= 11 is 5.82. The van der Waals surface area contributed by atoms with Crippen molar-refractivity contribution in [1.29, 1.82) is 0 Å². The van der Waals surface area contributed by atoms with Crippen LogP contribution in [0.5, 0.6) is 5.75 Å². The van der Waals surface area contributed by atoms with Gasteiger partial charge in [0.25, 0.3) is 15.9 Å². The Kier molecular flexibility index (Phi) is 4.33. The van der Waals surface area contributed by atoms with Gasteiger partial charge in [-0.3, -0.25) is 9.52 Å². The van der Waals surface area contributed by atoms with Gasteiger partial charge in [0, 0.05) is 29.3 Å². The van der Waals surface area contributed by atoms with Crippen LogP contribution in [0.25, 0.3) is 10.9 Å². The first kappa shape index (κ1) is 18.1. The number of benzene rings is 2. The Bertz CT molecular complexity index is 1150. The standard InChI is InChI=1S/C17H16ClN3O4S/c1-9-5-10-6-11(3-4-15(10)21(9)2)20-26(24,25)12-7-13(17(19)23)16(22)14(18)8-12/h3-8,20,22H,1-2H3,(H2,19,23). The van der Waals surface area contributed by atoms with E-state index in [4.69, 9.17) is 17.3 Å². The molecule has 0 aliphatic rings. The summed E-state index contributed by atoms with van der Waals surface area (Å²) < 4.78 is 29.7. The highest BCUT2D eigenvalue weighted by molar-refractivity contribution is 7.92. The molecule has 0 radical (unpaired) electrons. The minimum atomic E-state index is -4.04. The molecule has 0 unspecified atom stereocenters. The fraction of sp³-hybridized carbons (Fsp3) is 0.118. The summed E-state index contributed by atoms with van der Waals surface area (Å²) in [5, 5.41) is 10.3. The van der Waals surface area contributed by atoms with Crippen LogP contribution in [0.1, 0.15) is 16.1 Å². The van der Waals surface area contributed by atoms with Crippen molar-refractivity contribution < 1.29 is 18.3 Å². The van der Waals surface area contributed by atoms with Gasteiger partial charge < -0.3 is 15.4 Å². The number of sulfonamides is 1. The number of aryl methyl sites for hydroxylation is 2. The second-order valence-electron chi connectivity index (χ2n) is 5.89. The van der Waals surface area contributed by atoms with Crippen LogP contribution < -0.4 is 10.5 Å². The number of nitrogens with zero attached hydrogens (tertiary/aromatic N) is 1. The van der Waals surface area contributed by atoms with Crippen LogP contribution in [0.15, 0.2) is 41.3 Å². The maximum absolute atomic E-state index is 12.6. The molecule has 2 aromatic carbocycles. The topological polar surface area (TPSA) is 114 Å². The molecule has 0 bridgehead atoms. The quantitative estimate of drug-likeness (QED) is 0.632. The second-order valence-corrected chi connectivity index (χ2v) is 7.98. The lowest BCUT2D eigenvalue weighted by Crippen LogP contribution is -2.16. The van der Waals surface area contributed by atoms with Crippen molar-refractivity contribution in [3.05, 3.63) is 52.7 Å². The lowest BCUT2D eigenvalue weighted by atomic mass is 10.2. The molecular weight excluding hydrogens is 378 g/mol. The van der Waals surface area contributed by atoms with Crippen LogP contribution in [0.4, 0.5) is 5.69 Å². The number of carbonyl (C=O) groups excluding carboxylic acids is 1. The van der Waals surface area contributed by atoms with E-state index >= 15 is 0 Å². The molecule has 1 aromatic heterocycles. The van der Waals surface area contributed by atoms with Crippen molar-refractivity contribution in [2.24, 2.45) is 12.8 Å². The molecule has 4 N–H and O–H groups in total. The molecule has 3 rings (SSSR count). The van der Waals surface area contributed by atoms with Gasteiger partial charge in [-0.25, -0.2) is 8.42 Å². The summed E-state index contributed by atoms with van der Waals surface area (Å²) in [4.78, 5) is 11.1. The minimum absolute atomic E-state index is 0.279. The van der Waals surface area contributed by atoms with Gasteiger partial charge in [0.1, 0.15) is 5.75 Å². The first-order valence-corrected chi connectivity index (χ1v) is 9.37. The summed E-state index contributed by atoms with van der Waals surface area (Å²) in [5.74, 6) is -1.54. The van der Waals surface area contributed by atoms with Crippen LogP contribution in [-0.2, 0) is 17.1 Å². The minimum Gasteiger partial charge on any atom is -0.506 e. The molecule has 3 aromatic rings. The predicted molar refractivity (Wildman–Crippen MR) is 100 cm³/mol. The highest BCUT2D eigenvalue weighted by Crippen LogP contribution is 2.31. The summed E-state index contributed by atoms with van der Waals surface area (Å²) in [6, 6.07) is 9.12. The first-order chi connectivity index (χ1) is 12.1. The van der Waals surface area contributed by atoms with Gasteiger partial charge in [0.15, 0.2) is 0 Å². The SMILES string of the molecule is Cc1cc2cc(NS(=O)(=O)c3cc(Cl)c(O)c(C(N)=O)c3)ccc2n1C. The van der Waals surface area contributed by atoms with Gasteiger partial charge in [-0.15, -0.1) is 0 Å². The monoisotopic (exact) mass is 393 g/mol. The number of aromatic hydroxyl groups is 1. The Morgan fingerprint density at radius 2 is 1.92 bits per heavy atom. The third kappa shape index (κ3) is 3.09. The van der Waals surface area contributed by atoms with Crippen molar-refractivity contribution in [3.63, 3.8) is 0 Å². The molecule has 0 aliphatic carbocycles. The number of aromatic nitrogens is 1. The van der Waals surface area contributed by atoms with Crippen LogP contribution in [0.2, 0.25) is 5.02 Å². The summed E-state index contributed by atoms with van der Waals surface area (Å²) in [6.45, 7) is 1.95. The number of hydrogen-bond donors (Lipinski definition) is 3. The lowest BCUT2D eigenvalue weighted by molar-refractivity contribution is 0.0997. The molecule has 0 saturated carbocycles. The van der Waals surface area contributed by atoms with Gasteiger partial charge in [0.2, 0.25) is 0 Å². The van der Waals surface area contributed by atoms with E-state index in [-0.39, 0.29) is 15.5 Å². The number of fused-ring (bicyclic) bond motifs is 1. The Labute approximate surface area is 155 Å². The normalized spacial score (nSPS) is 11.7. The summed E-state index contributed by atoms with van der Waals surface area (Å²) in [7, 11) is -2.12. The van der Waals surface area contributed by atoms with Gasteiger partial charge >= 0.3 is 0 Å². The fourth-order valence-corrected chi connectivity index (χ4v) is 4.07. The molecule has 0 fully saturated rings. The van der Waals surface area contributed by atoms with Crippen molar-refractivity contribution in [1.82, 2.24) is 4.57 Å². The van der Waals surface area contributed by atoms with Gasteiger partial charge in [-0.05, 0) is 43.3 Å². The Morgan fingerprint density at radius 3 is 2.58 bits per heavy atom. The van der Waals surface area contributed by atoms with Crippen LogP contribution in [0, 0.1) is 6.92 Å². The van der Waals surface area contributed by atoms with Crippen LogP contribution in [-0.4, -0.2) is 24.0 Å². The van der Waals surface area contributed by atoms with Gasteiger partial charge in [0.05, 0.1) is 15.5 Å². The Hall–Kier alpha value is -2.71. The van der Waals surface area contributed by atoms with Crippen LogP contribution in [0.3, 0.4) is 0 Å². The fourth-order valence-electron chi connectivity index (χ4n) is 2.68. The maximum Gasteiger partial charge on any atom is 0.261 e. The van der Waals surface area contributed by atoms with E-state index in [2.05, 4.69) is 4.72 Å². The third-order valence-electron chi connectivity index (χ3n) is 4.15. The van der Waals surface area contributed by atoms with E-state index in [1.165, 1.54) is 0 Å². The Balaban J connectivity index is 2.03. The predicted octanol–water partition coefficient (Wildman–Crippen LogP) is 2.75. The molecule has 0 spiro atoms. The summed E-state index contributed by atoms with van der Waals surface area (Å²) in [5.41, 5.74) is 7.14. The number of nitrogens with two attached hydrogens (primary N) is 1. The number of anilines is 1. The zero-order valence-corrected chi connectivity index (χ0v) is 15.5. The zero-order chi connectivity index (χ0) is 19.2. The molecule has 0 saturated heterocycles. The van der Waals surface area contributed by atoms with Crippen molar-refractivity contribution in [2.45, 2.75) is 11.8 Å². The van der Waals surface area contributed by atoms with E-state index in [1.54, 1.807) is 18.2 Å². The molecule has 136 valence electrons. The number of amides is 1. The summed E-state index contributed by atoms with van der Waals surface area (Å²) in [6.07, 6.45) is 0. The average molecular weight is 394 g/mol. The van der Waals surface area contributed by atoms with Crippen LogP contribution >= 0.6 is 11.6 Å². The van der Waals surface area contributed by atoms with Crippen molar-refractivity contribution in [3.8, 4) is 5.75 Å². The molecule has 1 heterocycles. The van der Waals surface area contributed by atoms with E-state index in [0.717, 1.165) is 28.7 Å². The highest BCUT2D eigenvalue weighted by Gasteiger charge is 2.21. The first-order valence-electron chi connectivity index (χ1n) is 7.51. The lowest BCUT2D eigenvalue weighted by Gasteiger charge is -2.11. The maximum atomic E-state index is 12.6. The molecule has 0 aliphatic heterocycles. The van der Waals surface area contributed by atoms with E-state index in [0.29, 0.717) is 5.69 Å². The molecule has 7 nitrogen and oxygen atoms in total. The van der Waals surface area contributed by atoms with E-state index < -0.39 is 21.7 Å². The van der Waals surface area contributed by atoms with E-state index in [1.807, 2.05) is 24.6 Å². The number of carbonyl (C=O) groups is 1. The van der Waals surface area contributed by atoms with Gasteiger partial charge in [-0.1, -0.05) is 11.6 Å². The van der Waals surface area contributed by atoms with Crippen molar-refractivity contribution >= 4 is 44.1 Å². The number of primary amides is 1. The molecular formula is C17H16ClN3O4S. The second kappa shape index (κ2) is 6.22. The number of halogens is 1.